The summed E-state index contributed by atoms with van der Waals surface area (Å²) in [5.41, 5.74) is 4.85. The van der Waals surface area contributed by atoms with E-state index in [1.165, 1.54) is 0 Å². The number of nitrogens with one attached hydrogen (secondary N) is 1. The van der Waals surface area contributed by atoms with Gasteiger partial charge in [-0.3, -0.25) is 4.98 Å². The molecule has 1 aromatic heterocycles. The first kappa shape index (κ1) is 9.16. The van der Waals surface area contributed by atoms with E-state index in [2.05, 4.69) is 10.5 Å². The SMILES string of the molecule is CCONCc1cccc(C)n1. The Balaban J connectivity index is 2.41. The highest BCUT2D eigenvalue weighted by Crippen LogP contribution is 1.96. The fraction of sp³-hybridized carbons (Fsp3) is 0.444. The Morgan fingerprint density at radius 1 is 1.50 bits per heavy atom. The molecule has 0 atom stereocenters. The highest BCUT2D eigenvalue weighted by atomic mass is 16.6. The second kappa shape index (κ2) is 4.85. The Bertz CT molecular complexity index is 238. The molecule has 1 aromatic rings. The molecule has 0 radical (unpaired) electrons. The van der Waals surface area contributed by atoms with Gasteiger partial charge in [-0.05, 0) is 26.0 Å². The maximum absolute atomic E-state index is 4.99. The second-order valence-electron chi connectivity index (χ2n) is 2.52. The largest absolute Gasteiger partial charge is 0.302 e. The number of hydroxylamine groups is 1. The molecule has 0 spiro atoms. The molecule has 12 heavy (non-hydrogen) atoms. The van der Waals surface area contributed by atoms with Crippen molar-refractivity contribution in [2.75, 3.05) is 6.61 Å². The standard InChI is InChI=1S/C9H14N2O/c1-3-12-10-7-9-6-4-5-8(2)11-9/h4-6,10H,3,7H2,1-2H3. The molecule has 0 aliphatic heterocycles. The van der Waals surface area contributed by atoms with Crippen molar-refractivity contribution in [2.24, 2.45) is 0 Å². The van der Waals surface area contributed by atoms with E-state index in [-0.39, 0.29) is 0 Å². The van der Waals surface area contributed by atoms with Gasteiger partial charge < -0.3 is 4.84 Å². The molecule has 0 amide bonds. The van der Waals surface area contributed by atoms with Gasteiger partial charge in [-0.25, -0.2) is 0 Å². The summed E-state index contributed by atoms with van der Waals surface area (Å²) in [4.78, 5) is 9.29. The van der Waals surface area contributed by atoms with Gasteiger partial charge in [0, 0.05) is 5.69 Å². The molecule has 3 heteroatoms. The summed E-state index contributed by atoms with van der Waals surface area (Å²) in [5, 5.41) is 0. The Morgan fingerprint density at radius 3 is 3.00 bits per heavy atom. The highest BCUT2D eigenvalue weighted by molar-refractivity contribution is 5.09. The number of rotatable bonds is 4. The molecule has 66 valence electrons. The Kier molecular flexibility index (Phi) is 3.70. The van der Waals surface area contributed by atoms with E-state index in [1.807, 2.05) is 32.0 Å². The zero-order chi connectivity index (χ0) is 8.81. The zero-order valence-electron chi connectivity index (χ0n) is 7.50. The van der Waals surface area contributed by atoms with Crippen LogP contribution in [0.3, 0.4) is 0 Å². The van der Waals surface area contributed by atoms with Crippen LogP contribution in [0.2, 0.25) is 0 Å². The van der Waals surface area contributed by atoms with Gasteiger partial charge in [-0.2, -0.15) is 5.48 Å². The average molecular weight is 166 g/mol. The zero-order valence-corrected chi connectivity index (χ0v) is 7.50. The lowest BCUT2D eigenvalue weighted by molar-refractivity contribution is 0.0456. The van der Waals surface area contributed by atoms with Crippen molar-refractivity contribution in [3.63, 3.8) is 0 Å². The van der Waals surface area contributed by atoms with Gasteiger partial charge in [0.25, 0.3) is 0 Å². The minimum atomic E-state index is 0.662. The first-order chi connectivity index (χ1) is 5.83. The van der Waals surface area contributed by atoms with E-state index in [4.69, 9.17) is 4.84 Å². The molecule has 0 aromatic carbocycles. The Morgan fingerprint density at radius 2 is 2.33 bits per heavy atom. The van der Waals surface area contributed by atoms with Crippen LogP contribution in [0, 0.1) is 6.92 Å². The van der Waals surface area contributed by atoms with E-state index in [0.717, 1.165) is 11.4 Å². The Hall–Kier alpha value is -0.930. The van der Waals surface area contributed by atoms with Crippen molar-refractivity contribution < 1.29 is 4.84 Å². The minimum Gasteiger partial charge on any atom is -0.302 e. The summed E-state index contributed by atoms with van der Waals surface area (Å²) in [6, 6.07) is 5.94. The smallest absolute Gasteiger partial charge is 0.0654 e. The molecule has 0 saturated heterocycles. The molecule has 0 saturated carbocycles. The van der Waals surface area contributed by atoms with Crippen LogP contribution in [-0.4, -0.2) is 11.6 Å². The molecule has 1 rings (SSSR count). The number of pyridine rings is 1. The lowest BCUT2D eigenvalue weighted by atomic mass is 10.3. The predicted molar refractivity (Wildman–Crippen MR) is 47.4 cm³/mol. The fourth-order valence-corrected chi connectivity index (χ4v) is 0.925. The molecule has 0 aliphatic rings. The maximum atomic E-state index is 4.99. The van der Waals surface area contributed by atoms with Crippen LogP contribution < -0.4 is 5.48 Å². The first-order valence-corrected chi connectivity index (χ1v) is 4.10. The van der Waals surface area contributed by atoms with Crippen LogP contribution in [-0.2, 0) is 11.4 Å². The Labute approximate surface area is 72.7 Å². The van der Waals surface area contributed by atoms with Crippen molar-refractivity contribution in [1.82, 2.24) is 10.5 Å². The molecule has 0 fully saturated rings. The predicted octanol–water partition coefficient (Wildman–Crippen LogP) is 1.43. The molecule has 0 unspecified atom stereocenters. The molecule has 0 bridgehead atoms. The van der Waals surface area contributed by atoms with Crippen LogP contribution in [0.15, 0.2) is 18.2 Å². The van der Waals surface area contributed by atoms with E-state index in [1.54, 1.807) is 0 Å². The van der Waals surface area contributed by atoms with Gasteiger partial charge in [-0.15, -0.1) is 0 Å². The number of hydrogen-bond acceptors (Lipinski definition) is 3. The normalized spacial score (nSPS) is 10.2. The van der Waals surface area contributed by atoms with E-state index >= 15 is 0 Å². The summed E-state index contributed by atoms with van der Waals surface area (Å²) in [6.45, 7) is 5.25. The fourth-order valence-electron chi connectivity index (χ4n) is 0.925. The van der Waals surface area contributed by atoms with Crippen LogP contribution in [0.5, 0.6) is 0 Å². The minimum absolute atomic E-state index is 0.662. The van der Waals surface area contributed by atoms with E-state index in [0.29, 0.717) is 13.2 Å². The summed E-state index contributed by atoms with van der Waals surface area (Å²) in [7, 11) is 0. The van der Waals surface area contributed by atoms with Gasteiger partial charge in [-0.1, -0.05) is 6.07 Å². The summed E-state index contributed by atoms with van der Waals surface area (Å²) < 4.78 is 0. The highest BCUT2D eigenvalue weighted by Gasteiger charge is 1.92. The van der Waals surface area contributed by atoms with Gasteiger partial charge in [0.2, 0.25) is 0 Å². The monoisotopic (exact) mass is 166 g/mol. The summed E-state index contributed by atoms with van der Waals surface area (Å²) >= 11 is 0. The van der Waals surface area contributed by atoms with E-state index in [9.17, 15) is 0 Å². The van der Waals surface area contributed by atoms with Crippen molar-refractivity contribution in [1.29, 1.82) is 0 Å². The number of aryl methyl sites for hydroxylation is 1. The average Bonchev–Trinajstić information content (AvgIpc) is 2.05. The van der Waals surface area contributed by atoms with Gasteiger partial charge >= 0.3 is 0 Å². The number of nitrogens with zero attached hydrogens (tertiary/aromatic N) is 1. The molecule has 1 heterocycles. The van der Waals surface area contributed by atoms with Crippen LogP contribution in [0.4, 0.5) is 0 Å². The number of aromatic nitrogens is 1. The van der Waals surface area contributed by atoms with Gasteiger partial charge in [0.15, 0.2) is 0 Å². The second-order valence-corrected chi connectivity index (χ2v) is 2.52. The molecular weight excluding hydrogens is 152 g/mol. The van der Waals surface area contributed by atoms with Crippen molar-refractivity contribution in [3.05, 3.63) is 29.6 Å². The molecule has 0 aliphatic carbocycles. The topological polar surface area (TPSA) is 34.1 Å². The third-order valence-corrected chi connectivity index (χ3v) is 1.45. The van der Waals surface area contributed by atoms with Gasteiger partial charge in [0.1, 0.15) is 0 Å². The summed E-state index contributed by atoms with van der Waals surface area (Å²) in [5.74, 6) is 0. The maximum Gasteiger partial charge on any atom is 0.0654 e. The van der Waals surface area contributed by atoms with Gasteiger partial charge in [0.05, 0.1) is 18.8 Å². The third kappa shape index (κ3) is 2.98. The summed E-state index contributed by atoms with van der Waals surface area (Å²) in [6.07, 6.45) is 0. The number of hydrogen-bond donors (Lipinski definition) is 1. The molecule has 1 N–H and O–H groups in total. The first-order valence-electron chi connectivity index (χ1n) is 4.10. The molecular formula is C9H14N2O. The van der Waals surface area contributed by atoms with Crippen LogP contribution in [0.25, 0.3) is 0 Å². The quantitative estimate of drug-likeness (QED) is 0.542. The lowest BCUT2D eigenvalue weighted by Crippen LogP contribution is -2.14. The third-order valence-electron chi connectivity index (χ3n) is 1.45. The molecule has 3 nitrogen and oxygen atoms in total. The van der Waals surface area contributed by atoms with Crippen molar-refractivity contribution in [3.8, 4) is 0 Å². The van der Waals surface area contributed by atoms with E-state index < -0.39 is 0 Å². The van der Waals surface area contributed by atoms with Crippen LogP contribution >= 0.6 is 0 Å². The lowest BCUT2D eigenvalue weighted by Gasteiger charge is -2.02. The van der Waals surface area contributed by atoms with Crippen molar-refractivity contribution in [2.45, 2.75) is 20.4 Å². The van der Waals surface area contributed by atoms with Crippen molar-refractivity contribution >= 4 is 0 Å². The van der Waals surface area contributed by atoms with Crippen LogP contribution in [0.1, 0.15) is 18.3 Å².